The van der Waals surface area contributed by atoms with Crippen LogP contribution in [0.5, 0.6) is 0 Å². The summed E-state index contributed by atoms with van der Waals surface area (Å²) in [5.74, 6) is 0.453. The van der Waals surface area contributed by atoms with E-state index < -0.39 is 0 Å². The van der Waals surface area contributed by atoms with E-state index in [2.05, 4.69) is 6.58 Å². The van der Waals surface area contributed by atoms with E-state index in [9.17, 15) is 4.79 Å². The molecular weight excluding hydrogens is 174 g/mol. The van der Waals surface area contributed by atoms with Crippen molar-refractivity contribution in [2.75, 3.05) is 13.1 Å². The van der Waals surface area contributed by atoms with Gasteiger partial charge < -0.3 is 4.90 Å². The van der Waals surface area contributed by atoms with Crippen molar-refractivity contribution in [3.63, 3.8) is 0 Å². The first-order valence-corrected chi connectivity index (χ1v) is 5.57. The monoisotopic (exact) mass is 197 g/mol. The third-order valence-corrected chi connectivity index (χ3v) is 2.54. The topological polar surface area (TPSA) is 20.3 Å². The average molecular weight is 197 g/mol. The minimum atomic E-state index is 0.162. The molecule has 0 N–H and O–H groups in total. The Morgan fingerprint density at radius 1 is 1.43 bits per heavy atom. The minimum Gasteiger partial charge on any atom is -0.343 e. The Bertz CT molecular complexity index is 173. The molecule has 1 unspecified atom stereocenters. The highest BCUT2D eigenvalue weighted by Crippen LogP contribution is 2.11. The van der Waals surface area contributed by atoms with E-state index in [4.69, 9.17) is 0 Å². The van der Waals surface area contributed by atoms with E-state index >= 15 is 0 Å². The van der Waals surface area contributed by atoms with Gasteiger partial charge in [-0.15, -0.1) is 6.58 Å². The van der Waals surface area contributed by atoms with Crippen LogP contribution in [0.25, 0.3) is 0 Å². The van der Waals surface area contributed by atoms with Crippen LogP contribution in [0.3, 0.4) is 0 Å². The number of allylic oxidation sites excluding steroid dienone is 1. The number of carbonyl (C=O) groups is 1. The summed E-state index contributed by atoms with van der Waals surface area (Å²) in [5, 5.41) is 0. The normalized spacial score (nSPS) is 12.2. The standard InChI is InChI=1S/C12H23NO/c1-5-8-9-10-11(4)12(14)13(6-2)7-3/h5,11H,1,6-10H2,2-4H3. The van der Waals surface area contributed by atoms with Crippen molar-refractivity contribution in [1.82, 2.24) is 4.90 Å². The SMILES string of the molecule is C=CCCCC(C)C(=O)N(CC)CC. The lowest BCUT2D eigenvalue weighted by Gasteiger charge is -2.22. The zero-order valence-corrected chi connectivity index (χ0v) is 9.75. The number of amides is 1. The zero-order chi connectivity index (χ0) is 11.0. The fourth-order valence-electron chi connectivity index (χ4n) is 1.54. The Labute approximate surface area is 88.0 Å². The maximum atomic E-state index is 11.8. The lowest BCUT2D eigenvalue weighted by Crippen LogP contribution is -2.34. The molecule has 0 heterocycles. The smallest absolute Gasteiger partial charge is 0.225 e. The van der Waals surface area contributed by atoms with Gasteiger partial charge in [0, 0.05) is 19.0 Å². The maximum absolute atomic E-state index is 11.8. The largest absolute Gasteiger partial charge is 0.343 e. The molecule has 0 saturated carbocycles. The number of unbranched alkanes of at least 4 members (excludes halogenated alkanes) is 1. The molecule has 0 bridgehead atoms. The molecule has 0 aliphatic heterocycles. The molecule has 0 rings (SSSR count). The predicted molar refractivity (Wildman–Crippen MR) is 61.1 cm³/mol. The molecule has 0 saturated heterocycles. The second-order valence-electron chi connectivity index (χ2n) is 3.63. The Kier molecular flexibility index (Phi) is 7.17. The summed E-state index contributed by atoms with van der Waals surface area (Å²) < 4.78 is 0. The highest BCUT2D eigenvalue weighted by Gasteiger charge is 2.16. The predicted octanol–water partition coefficient (Wildman–Crippen LogP) is 2.85. The van der Waals surface area contributed by atoms with E-state index in [1.807, 2.05) is 31.7 Å². The molecule has 0 radical (unpaired) electrons. The summed E-state index contributed by atoms with van der Waals surface area (Å²) in [5.41, 5.74) is 0. The van der Waals surface area contributed by atoms with Gasteiger partial charge in [0.05, 0.1) is 0 Å². The summed E-state index contributed by atoms with van der Waals surface area (Å²) in [4.78, 5) is 13.7. The third-order valence-electron chi connectivity index (χ3n) is 2.54. The van der Waals surface area contributed by atoms with Gasteiger partial charge in [-0.3, -0.25) is 4.79 Å². The molecule has 0 aromatic carbocycles. The number of hydrogen-bond donors (Lipinski definition) is 0. The Balaban J connectivity index is 3.90. The van der Waals surface area contributed by atoms with E-state index in [1.165, 1.54) is 0 Å². The molecular formula is C12H23NO. The van der Waals surface area contributed by atoms with E-state index in [1.54, 1.807) is 0 Å². The first kappa shape index (κ1) is 13.2. The molecule has 2 heteroatoms. The Morgan fingerprint density at radius 3 is 2.43 bits per heavy atom. The van der Waals surface area contributed by atoms with E-state index in [0.29, 0.717) is 5.91 Å². The highest BCUT2D eigenvalue weighted by atomic mass is 16.2. The Hall–Kier alpha value is -0.790. The molecule has 0 aromatic rings. The van der Waals surface area contributed by atoms with Crippen molar-refractivity contribution < 1.29 is 4.79 Å². The van der Waals surface area contributed by atoms with Crippen LogP contribution < -0.4 is 0 Å². The highest BCUT2D eigenvalue weighted by molar-refractivity contribution is 5.78. The first-order chi connectivity index (χ1) is 6.67. The summed E-state index contributed by atoms with van der Waals surface area (Å²) >= 11 is 0. The fraction of sp³-hybridized carbons (Fsp3) is 0.750. The molecule has 0 spiro atoms. The second kappa shape index (κ2) is 7.60. The summed E-state index contributed by atoms with van der Waals surface area (Å²) in [6.07, 6.45) is 4.96. The lowest BCUT2D eigenvalue weighted by molar-refractivity contribution is -0.134. The van der Waals surface area contributed by atoms with Crippen LogP contribution in [-0.2, 0) is 4.79 Å². The van der Waals surface area contributed by atoms with Crippen LogP contribution >= 0.6 is 0 Å². The van der Waals surface area contributed by atoms with Crippen LogP contribution in [0.4, 0.5) is 0 Å². The number of rotatable bonds is 7. The fourth-order valence-corrected chi connectivity index (χ4v) is 1.54. The van der Waals surface area contributed by atoms with Crippen LogP contribution in [0, 0.1) is 5.92 Å². The van der Waals surface area contributed by atoms with Crippen molar-refractivity contribution in [2.24, 2.45) is 5.92 Å². The summed E-state index contributed by atoms with van der Waals surface area (Å²) in [7, 11) is 0. The molecule has 14 heavy (non-hydrogen) atoms. The van der Waals surface area contributed by atoms with Gasteiger partial charge in [-0.05, 0) is 33.1 Å². The molecule has 0 aliphatic carbocycles. The zero-order valence-electron chi connectivity index (χ0n) is 9.75. The minimum absolute atomic E-state index is 0.162. The van der Waals surface area contributed by atoms with Crippen molar-refractivity contribution in [3.8, 4) is 0 Å². The van der Waals surface area contributed by atoms with Gasteiger partial charge in [0.1, 0.15) is 0 Å². The van der Waals surface area contributed by atoms with Crippen molar-refractivity contribution in [2.45, 2.75) is 40.0 Å². The number of carbonyl (C=O) groups excluding carboxylic acids is 1. The van der Waals surface area contributed by atoms with E-state index in [0.717, 1.165) is 32.4 Å². The Morgan fingerprint density at radius 2 is 2.00 bits per heavy atom. The van der Waals surface area contributed by atoms with Gasteiger partial charge in [-0.25, -0.2) is 0 Å². The van der Waals surface area contributed by atoms with Gasteiger partial charge in [-0.2, -0.15) is 0 Å². The van der Waals surface area contributed by atoms with Gasteiger partial charge >= 0.3 is 0 Å². The number of nitrogens with zero attached hydrogens (tertiary/aromatic N) is 1. The summed E-state index contributed by atoms with van der Waals surface area (Å²) in [6, 6.07) is 0. The van der Waals surface area contributed by atoms with Crippen molar-refractivity contribution >= 4 is 5.91 Å². The third kappa shape index (κ3) is 4.45. The average Bonchev–Trinajstić information content (AvgIpc) is 2.19. The van der Waals surface area contributed by atoms with Crippen LogP contribution in [-0.4, -0.2) is 23.9 Å². The second-order valence-corrected chi connectivity index (χ2v) is 3.63. The first-order valence-electron chi connectivity index (χ1n) is 5.57. The molecule has 1 atom stereocenters. The van der Waals surface area contributed by atoms with Crippen LogP contribution in [0.15, 0.2) is 12.7 Å². The van der Waals surface area contributed by atoms with Crippen LogP contribution in [0.1, 0.15) is 40.0 Å². The molecule has 0 fully saturated rings. The number of hydrogen-bond acceptors (Lipinski definition) is 1. The van der Waals surface area contributed by atoms with Gasteiger partial charge in [-0.1, -0.05) is 13.0 Å². The van der Waals surface area contributed by atoms with Crippen LogP contribution in [0.2, 0.25) is 0 Å². The molecule has 1 amide bonds. The van der Waals surface area contributed by atoms with E-state index in [-0.39, 0.29) is 5.92 Å². The van der Waals surface area contributed by atoms with Crippen molar-refractivity contribution in [3.05, 3.63) is 12.7 Å². The molecule has 0 aromatic heterocycles. The van der Waals surface area contributed by atoms with Crippen molar-refractivity contribution in [1.29, 1.82) is 0 Å². The molecule has 0 aliphatic rings. The quantitative estimate of drug-likeness (QED) is 0.454. The molecule has 2 nitrogen and oxygen atoms in total. The van der Waals surface area contributed by atoms with Gasteiger partial charge in [0.2, 0.25) is 5.91 Å². The maximum Gasteiger partial charge on any atom is 0.225 e. The summed E-state index contributed by atoms with van der Waals surface area (Å²) in [6.45, 7) is 11.4. The van der Waals surface area contributed by atoms with Gasteiger partial charge in [0.25, 0.3) is 0 Å². The lowest BCUT2D eigenvalue weighted by atomic mass is 10.0. The molecule has 82 valence electrons. The van der Waals surface area contributed by atoms with Gasteiger partial charge in [0.15, 0.2) is 0 Å².